The summed E-state index contributed by atoms with van der Waals surface area (Å²) in [6.07, 6.45) is 1.56. The van der Waals surface area contributed by atoms with Crippen LogP contribution in [0.3, 0.4) is 0 Å². The quantitative estimate of drug-likeness (QED) is 0.740. The van der Waals surface area contributed by atoms with E-state index in [1.807, 2.05) is 10.9 Å². The second kappa shape index (κ2) is 5.12. The van der Waals surface area contributed by atoms with E-state index in [0.29, 0.717) is 18.0 Å². The molecule has 0 saturated heterocycles. The highest BCUT2D eigenvalue weighted by Crippen LogP contribution is 2.13. The van der Waals surface area contributed by atoms with E-state index in [0.717, 1.165) is 6.54 Å². The van der Waals surface area contributed by atoms with Gasteiger partial charge >= 0.3 is 0 Å². The molecule has 0 radical (unpaired) electrons. The maximum Gasteiger partial charge on any atom is 0.1000 e. The Morgan fingerprint density at radius 3 is 2.79 bits per heavy atom. The minimum absolute atomic E-state index is 0.0157. The first kappa shape index (κ1) is 11.2. The van der Waals surface area contributed by atoms with Crippen LogP contribution in [0.5, 0.6) is 0 Å². The molecule has 0 saturated carbocycles. The maximum atomic E-state index is 9.53. The first-order valence-corrected chi connectivity index (χ1v) is 4.95. The monoisotopic (exact) mass is 198 g/mol. The Morgan fingerprint density at radius 1 is 1.50 bits per heavy atom. The van der Waals surface area contributed by atoms with Gasteiger partial charge in [-0.15, -0.1) is 0 Å². The number of rotatable bonds is 5. The Hall–Kier alpha value is -0.870. The number of aromatic nitrogens is 2. The van der Waals surface area contributed by atoms with Crippen LogP contribution in [0.25, 0.3) is 0 Å². The van der Waals surface area contributed by atoms with Gasteiger partial charge in [-0.05, 0) is 12.0 Å². The van der Waals surface area contributed by atoms with Crippen molar-refractivity contribution in [1.29, 1.82) is 0 Å². The van der Waals surface area contributed by atoms with Gasteiger partial charge < -0.3 is 10.2 Å². The van der Waals surface area contributed by atoms with Gasteiger partial charge in [0.15, 0.2) is 0 Å². The molecule has 0 bridgehead atoms. The number of nitrogens with zero attached hydrogens (tertiary/aromatic N) is 2. The Labute approximate surface area is 84.2 Å². The van der Waals surface area contributed by atoms with E-state index in [1.54, 1.807) is 6.07 Å². The van der Waals surface area contributed by atoms with E-state index in [2.05, 4.69) is 18.9 Å². The summed E-state index contributed by atoms with van der Waals surface area (Å²) < 4.78 is 1.82. The van der Waals surface area contributed by atoms with Gasteiger partial charge in [0.2, 0.25) is 0 Å². The number of aliphatic hydroxyl groups excluding tert-OH is 2. The van der Waals surface area contributed by atoms with Crippen molar-refractivity contribution >= 4 is 0 Å². The van der Waals surface area contributed by atoms with Crippen molar-refractivity contribution in [2.45, 2.75) is 32.9 Å². The molecule has 0 aliphatic rings. The predicted molar refractivity (Wildman–Crippen MR) is 53.7 cm³/mol. The van der Waals surface area contributed by atoms with Crippen molar-refractivity contribution in [2.75, 3.05) is 6.61 Å². The zero-order valence-corrected chi connectivity index (χ0v) is 8.72. The van der Waals surface area contributed by atoms with Crippen LogP contribution in [-0.4, -0.2) is 26.6 Å². The fourth-order valence-electron chi connectivity index (χ4n) is 1.30. The van der Waals surface area contributed by atoms with Crippen molar-refractivity contribution in [3.63, 3.8) is 0 Å². The number of hydrogen-bond acceptors (Lipinski definition) is 3. The molecule has 0 amide bonds. The third-order valence-corrected chi connectivity index (χ3v) is 1.96. The molecule has 0 aliphatic carbocycles. The van der Waals surface area contributed by atoms with Gasteiger partial charge in [0.05, 0.1) is 11.8 Å². The molecule has 1 atom stereocenters. The normalized spacial score (nSPS) is 13.5. The Kier molecular flexibility index (Phi) is 4.10. The molecule has 14 heavy (non-hydrogen) atoms. The standard InChI is InChI=1S/C10H18N2O2/c1-8(2)7-12-5-3-9(11-12)10(14)4-6-13/h3,5,8,10,13-14H,4,6-7H2,1-2H3/t10-/m0/s1. The largest absolute Gasteiger partial charge is 0.396 e. The summed E-state index contributed by atoms with van der Waals surface area (Å²) in [5.41, 5.74) is 0.639. The molecule has 0 unspecified atom stereocenters. The lowest BCUT2D eigenvalue weighted by Gasteiger charge is -2.06. The zero-order valence-electron chi connectivity index (χ0n) is 8.72. The Morgan fingerprint density at radius 2 is 2.21 bits per heavy atom. The highest BCUT2D eigenvalue weighted by Gasteiger charge is 2.10. The molecule has 4 heteroatoms. The van der Waals surface area contributed by atoms with Gasteiger partial charge in [-0.1, -0.05) is 13.8 Å². The Bertz CT molecular complexity index is 271. The minimum atomic E-state index is -0.645. The molecule has 1 aromatic rings. The van der Waals surface area contributed by atoms with Crippen LogP contribution >= 0.6 is 0 Å². The third-order valence-electron chi connectivity index (χ3n) is 1.96. The number of aliphatic hydroxyl groups is 2. The summed E-state index contributed by atoms with van der Waals surface area (Å²) in [5, 5.41) is 22.4. The van der Waals surface area contributed by atoms with E-state index >= 15 is 0 Å². The maximum absolute atomic E-state index is 9.53. The number of hydrogen-bond donors (Lipinski definition) is 2. The zero-order chi connectivity index (χ0) is 10.6. The van der Waals surface area contributed by atoms with Crippen LogP contribution in [0, 0.1) is 5.92 Å². The molecule has 0 fully saturated rings. The van der Waals surface area contributed by atoms with Crippen LogP contribution < -0.4 is 0 Å². The first-order chi connectivity index (χ1) is 6.63. The molecule has 0 aromatic carbocycles. The SMILES string of the molecule is CC(C)Cn1ccc([C@@H](O)CCO)n1. The smallest absolute Gasteiger partial charge is 0.1000 e. The van der Waals surface area contributed by atoms with E-state index in [9.17, 15) is 5.11 Å². The van der Waals surface area contributed by atoms with Gasteiger partial charge in [-0.2, -0.15) is 5.10 Å². The topological polar surface area (TPSA) is 58.3 Å². The average Bonchev–Trinajstić information content (AvgIpc) is 2.52. The lowest BCUT2D eigenvalue weighted by molar-refractivity contribution is 0.129. The minimum Gasteiger partial charge on any atom is -0.396 e. The fraction of sp³-hybridized carbons (Fsp3) is 0.700. The molecule has 4 nitrogen and oxygen atoms in total. The lowest BCUT2D eigenvalue weighted by atomic mass is 10.2. The van der Waals surface area contributed by atoms with Gasteiger partial charge in [-0.3, -0.25) is 4.68 Å². The van der Waals surface area contributed by atoms with Crippen LogP contribution in [0.1, 0.15) is 32.1 Å². The van der Waals surface area contributed by atoms with Crippen molar-refractivity contribution in [1.82, 2.24) is 9.78 Å². The van der Waals surface area contributed by atoms with Crippen LogP contribution in [-0.2, 0) is 6.54 Å². The summed E-state index contributed by atoms with van der Waals surface area (Å²) >= 11 is 0. The van der Waals surface area contributed by atoms with Gasteiger partial charge in [-0.25, -0.2) is 0 Å². The second-order valence-corrected chi connectivity index (χ2v) is 3.88. The highest BCUT2D eigenvalue weighted by atomic mass is 16.3. The van der Waals surface area contributed by atoms with E-state index in [-0.39, 0.29) is 6.61 Å². The van der Waals surface area contributed by atoms with E-state index < -0.39 is 6.10 Å². The summed E-state index contributed by atoms with van der Waals surface area (Å²) in [4.78, 5) is 0. The molecule has 0 aliphatic heterocycles. The average molecular weight is 198 g/mol. The summed E-state index contributed by atoms with van der Waals surface area (Å²) in [6, 6.07) is 1.79. The van der Waals surface area contributed by atoms with Crippen molar-refractivity contribution in [3.8, 4) is 0 Å². The van der Waals surface area contributed by atoms with Crippen molar-refractivity contribution in [3.05, 3.63) is 18.0 Å². The summed E-state index contributed by atoms with van der Waals surface area (Å²) in [7, 11) is 0. The summed E-state index contributed by atoms with van der Waals surface area (Å²) in [6.45, 7) is 5.07. The molecule has 2 N–H and O–H groups in total. The highest BCUT2D eigenvalue weighted by molar-refractivity contribution is 5.02. The molecule has 1 rings (SSSR count). The molecule has 1 aromatic heterocycles. The van der Waals surface area contributed by atoms with E-state index in [4.69, 9.17) is 5.11 Å². The predicted octanol–water partition coefficient (Wildman–Crippen LogP) is 0.955. The van der Waals surface area contributed by atoms with Gasteiger partial charge in [0.25, 0.3) is 0 Å². The van der Waals surface area contributed by atoms with Gasteiger partial charge in [0.1, 0.15) is 0 Å². The third kappa shape index (κ3) is 3.12. The second-order valence-electron chi connectivity index (χ2n) is 3.88. The Balaban J connectivity index is 2.58. The van der Waals surface area contributed by atoms with Crippen molar-refractivity contribution in [2.24, 2.45) is 5.92 Å². The molecule has 80 valence electrons. The van der Waals surface area contributed by atoms with Crippen LogP contribution in [0.4, 0.5) is 0 Å². The first-order valence-electron chi connectivity index (χ1n) is 4.95. The fourth-order valence-corrected chi connectivity index (χ4v) is 1.30. The molecular formula is C10H18N2O2. The van der Waals surface area contributed by atoms with E-state index in [1.165, 1.54) is 0 Å². The van der Waals surface area contributed by atoms with Gasteiger partial charge in [0, 0.05) is 25.8 Å². The van der Waals surface area contributed by atoms with Crippen LogP contribution in [0.15, 0.2) is 12.3 Å². The lowest BCUT2D eigenvalue weighted by Crippen LogP contribution is -2.07. The molecular weight excluding hydrogens is 180 g/mol. The summed E-state index contributed by atoms with van der Waals surface area (Å²) in [5.74, 6) is 0.540. The van der Waals surface area contributed by atoms with Crippen molar-refractivity contribution < 1.29 is 10.2 Å². The molecule has 1 heterocycles. The van der Waals surface area contributed by atoms with Crippen LogP contribution in [0.2, 0.25) is 0 Å². The molecule has 0 spiro atoms.